The Kier molecular flexibility index (Phi) is 4.37. The molecule has 0 unspecified atom stereocenters. The summed E-state index contributed by atoms with van der Waals surface area (Å²) in [5.41, 5.74) is 1.95. The fourth-order valence-corrected chi connectivity index (χ4v) is 2.06. The first-order valence-electron chi connectivity index (χ1n) is 6.58. The van der Waals surface area contributed by atoms with E-state index in [1.807, 2.05) is 6.92 Å². The smallest absolute Gasteiger partial charge is 0.339 e. The van der Waals surface area contributed by atoms with Crippen molar-refractivity contribution in [2.45, 2.75) is 13.3 Å². The second-order valence-electron chi connectivity index (χ2n) is 4.51. The Bertz CT molecular complexity index is 677. The van der Waals surface area contributed by atoms with Gasteiger partial charge in [0.15, 0.2) is 0 Å². The number of aryl methyl sites for hydroxylation is 2. The van der Waals surface area contributed by atoms with Gasteiger partial charge >= 0.3 is 5.97 Å². The van der Waals surface area contributed by atoms with E-state index in [0.717, 1.165) is 0 Å². The van der Waals surface area contributed by atoms with Gasteiger partial charge in [-0.15, -0.1) is 0 Å². The van der Waals surface area contributed by atoms with Crippen molar-refractivity contribution >= 4 is 17.6 Å². The number of benzene rings is 1. The number of aromatic nitrogens is 2. The van der Waals surface area contributed by atoms with Crippen LogP contribution in [0.2, 0.25) is 0 Å². The standard InChI is InChI=1S/C15H17N3O3/c1-4-12-11(9-18(2)17-12)14(19)16-13-8-6-5-7-10(13)15(20)21-3/h5-9H,4H2,1-3H3,(H,16,19). The van der Waals surface area contributed by atoms with E-state index in [4.69, 9.17) is 4.74 Å². The van der Waals surface area contributed by atoms with Gasteiger partial charge in [-0.05, 0) is 18.6 Å². The molecule has 0 aliphatic heterocycles. The Labute approximate surface area is 122 Å². The Morgan fingerprint density at radius 2 is 2.00 bits per heavy atom. The molecule has 0 atom stereocenters. The second-order valence-corrected chi connectivity index (χ2v) is 4.51. The van der Waals surface area contributed by atoms with Crippen LogP contribution in [0.25, 0.3) is 0 Å². The first-order valence-corrected chi connectivity index (χ1v) is 6.58. The lowest BCUT2D eigenvalue weighted by Gasteiger charge is -2.09. The first-order chi connectivity index (χ1) is 10.1. The summed E-state index contributed by atoms with van der Waals surface area (Å²) < 4.78 is 6.30. The monoisotopic (exact) mass is 287 g/mol. The number of anilines is 1. The van der Waals surface area contributed by atoms with Crippen LogP contribution in [0.15, 0.2) is 30.5 Å². The highest BCUT2D eigenvalue weighted by molar-refractivity contribution is 6.08. The number of amides is 1. The SMILES string of the molecule is CCc1nn(C)cc1C(=O)Nc1ccccc1C(=O)OC. The molecule has 0 saturated heterocycles. The molecule has 0 bridgehead atoms. The zero-order valence-corrected chi connectivity index (χ0v) is 12.2. The Balaban J connectivity index is 2.30. The summed E-state index contributed by atoms with van der Waals surface area (Å²) in [4.78, 5) is 24.0. The maximum Gasteiger partial charge on any atom is 0.339 e. The van der Waals surface area contributed by atoms with Crippen molar-refractivity contribution in [2.24, 2.45) is 7.05 Å². The predicted molar refractivity (Wildman–Crippen MR) is 78.3 cm³/mol. The van der Waals surface area contributed by atoms with Gasteiger partial charge in [-0.1, -0.05) is 19.1 Å². The minimum atomic E-state index is -0.493. The van der Waals surface area contributed by atoms with Crippen molar-refractivity contribution in [1.29, 1.82) is 0 Å². The molecule has 6 nitrogen and oxygen atoms in total. The molecule has 0 saturated carbocycles. The van der Waals surface area contributed by atoms with Gasteiger partial charge in [0.25, 0.3) is 5.91 Å². The summed E-state index contributed by atoms with van der Waals surface area (Å²) in [6.07, 6.45) is 2.32. The van der Waals surface area contributed by atoms with E-state index in [9.17, 15) is 9.59 Å². The molecule has 0 fully saturated rings. The van der Waals surface area contributed by atoms with Crippen LogP contribution in [0, 0.1) is 0 Å². The number of rotatable bonds is 4. The number of ether oxygens (including phenoxy) is 1. The first kappa shape index (κ1) is 14.8. The van der Waals surface area contributed by atoms with E-state index in [0.29, 0.717) is 28.9 Å². The van der Waals surface area contributed by atoms with E-state index in [1.54, 1.807) is 42.2 Å². The van der Waals surface area contributed by atoms with E-state index in [-0.39, 0.29) is 5.91 Å². The summed E-state index contributed by atoms with van der Waals surface area (Å²) in [6.45, 7) is 1.93. The zero-order chi connectivity index (χ0) is 15.4. The average molecular weight is 287 g/mol. The van der Waals surface area contributed by atoms with Crippen LogP contribution < -0.4 is 5.32 Å². The van der Waals surface area contributed by atoms with E-state index in [2.05, 4.69) is 10.4 Å². The number of hydrogen-bond donors (Lipinski definition) is 1. The third kappa shape index (κ3) is 3.10. The summed E-state index contributed by atoms with van der Waals surface area (Å²) in [5.74, 6) is -0.788. The van der Waals surface area contributed by atoms with Crippen molar-refractivity contribution in [3.05, 3.63) is 47.3 Å². The van der Waals surface area contributed by atoms with Gasteiger partial charge in [0, 0.05) is 13.2 Å². The van der Waals surface area contributed by atoms with Crippen molar-refractivity contribution in [2.75, 3.05) is 12.4 Å². The van der Waals surface area contributed by atoms with Crippen molar-refractivity contribution < 1.29 is 14.3 Å². The molecule has 1 amide bonds. The van der Waals surface area contributed by atoms with Crippen LogP contribution in [-0.4, -0.2) is 28.8 Å². The van der Waals surface area contributed by atoms with Gasteiger partial charge in [0.1, 0.15) is 0 Å². The Morgan fingerprint density at radius 1 is 1.29 bits per heavy atom. The number of carbonyl (C=O) groups excluding carboxylic acids is 2. The van der Waals surface area contributed by atoms with Crippen LogP contribution in [0.5, 0.6) is 0 Å². The lowest BCUT2D eigenvalue weighted by molar-refractivity contribution is 0.0602. The minimum Gasteiger partial charge on any atom is -0.465 e. The lowest BCUT2D eigenvalue weighted by atomic mass is 10.1. The van der Waals surface area contributed by atoms with Crippen LogP contribution in [-0.2, 0) is 18.2 Å². The molecule has 2 aromatic rings. The van der Waals surface area contributed by atoms with E-state index < -0.39 is 5.97 Å². The molecule has 0 spiro atoms. The molecule has 1 aromatic heterocycles. The maximum atomic E-state index is 12.4. The maximum absolute atomic E-state index is 12.4. The molecule has 0 aliphatic carbocycles. The summed E-state index contributed by atoms with van der Waals surface area (Å²) in [5, 5.41) is 6.97. The van der Waals surface area contributed by atoms with Crippen molar-refractivity contribution in [3.8, 4) is 0 Å². The van der Waals surface area contributed by atoms with Gasteiger partial charge < -0.3 is 10.1 Å². The predicted octanol–water partition coefficient (Wildman–Crippen LogP) is 2.02. The molecule has 1 aromatic carbocycles. The van der Waals surface area contributed by atoms with Gasteiger partial charge in [-0.2, -0.15) is 5.10 Å². The van der Waals surface area contributed by atoms with Gasteiger partial charge in [-0.3, -0.25) is 9.48 Å². The highest BCUT2D eigenvalue weighted by atomic mass is 16.5. The number of carbonyl (C=O) groups is 2. The molecule has 1 N–H and O–H groups in total. The topological polar surface area (TPSA) is 73.2 Å². The molecule has 1 heterocycles. The van der Waals surface area contributed by atoms with Gasteiger partial charge in [0.2, 0.25) is 0 Å². The van der Waals surface area contributed by atoms with Gasteiger partial charge in [0.05, 0.1) is 29.6 Å². The quantitative estimate of drug-likeness (QED) is 0.873. The molecule has 0 aliphatic rings. The van der Waals surface area contributed by atoms with E-state index in [1.165, 1.54) is 7.11 Å². The number of para-hydroxylation sites is 1. The largest absolute Gasteiger partial charge is 0.465 e. The van der Waals surface area contributed by atoms with Crippen LogP contribution >= 0.6 is 0 Å². The fourth-order valence-electron chi connectivity index (χ4n) is 2.06. The summed E-state index contributed by atoms with van der Waals surface area (Å²) in [6, 6.07) is 6.72. The summed E-state index contributed by atoms with van der Waals surface area (Å²) >= 11 is 0. The highest BCUT2D eigenvalue weighted by Crippen LogP contribution is 2.18. The van der Waals surface area contributed by atoms with Crippen LogP contribution in [0.1, 0.15) is 33.3 Å². The lowest BCUT2D eigenvalue weighted by Crippen LogP contribution is -2.16. The third-order valence-electron chi connectivity index (χ3n) is 3.07. The van der Waals surface area contributed by atoms with E-state index >= 15 is 0 Å². The molecule has 0 radical (unpaired) electrons. The van der Waals surface area contributed by atoms with Gasteiger partial charge in [-0.25, -0.2) is 4.79 Å². The zero-order valence-electron chi connectivity index (χ0n) is 12.2. The molecule has 2 rings (SSSR count). The number of nitrogens with one attached hydrogen (secondary N) is 1. The summed E-state index contributed by atoms with van der Waals surface area (Å²) in [7, 11) is 3.07. The molecule has 21 heavy (non-hydrogen) atoms. The minimum absolute atomic E-state index is 0.295. The number of hydrogen-bond acceptors (Lipinski definition) is 4. The number of methoxy groups -OCH3 is 1. The molecular formula is C15H17N3O3. The normalized spacial score (nSPS) is 10.2. The van der Waals surface area contributed by atoms with Crippen molar-refractivity contribution in [3.63, 3.8) is 0 Å². The van der Waals surface area contributed by atoms with Crippen LogP contribution in [0.3, 0.4) is 0 Å². The highest BCUT2D eigenvalue weighted by Gasteiger charge is 2.17. The fraction of sp³-hybridized carbons (Fsp3) is 0.267. The Hall–Kier alpha value is -2.63. The average Bonchev–Trinajstić information content (AvgIpc) is 2.88. The molecular weight excluding hydrogens is 270 g/mol. The Morgan fingerprint density at radius 3 is 2.67 bits per heavy atom. The van der Waals surface area contributed by atoms with Crippen LogP contribution in [0.4, 0.5) is 5.69 Å². The van der Waals surface area contributed by atoms with Crippen molar-refractivity contribution in [1.82, 2.24) is 9.78 Å². The second kappa shape index (κ2) is 6.21. The number of esters is 1. The number of nitrogens with zero attached hydrogens (tertiary/aromatic N) is 2. The third-order valence-corrected chi connectivity index (χ3v) is 3.07. The molecule has 6 heteroatoms. The molecule has 110 valence electrons.